The standard InChI is InChI=1S/C21H30N2O3/c1-15-6-5-7-16(12-15)17-14-22-18(24)13-21(17)8-10-23(11-9-21)19(25)26-20(2,3)4/h5-7,12,17H,8-11,13-14H2,1-4H3,(H,22,24). The summed E-state index contributed by atoms with van der Waals surface area (Å²) in [6, 6.07) is 8.58. The minimum absolute atomic E-state index is 0.0748. The molecule has 0 bridgehead atoms. The molecule has 0 saturated carbocycles. The molecule has 1 spiro atoms. The number of hydrogen-bond donors (Lipinski definition) is 1. The first-order valence-electron chi connectivity index (χ1n) is 9.50. The third-order valence-corrected chi connectivity index (χ3v) is 5.61. The molecule has 3 rings (SSSR count). The van der Waals surface area contributed by atoms with Crippen molar-refractivity contribution < 1.29 is 14.3 Å². The van der Waals surface area contributed by atoms with Gasteiger partial charge < -0.3 is 15.0 Å². The predicted molar refractivity (Wildman–Crippen MR) is 101 cm³/mol. The summed E-state index contributed by atoms with van der Waals surface area (Å²) >= 11 is 0. The lowest BCUT2D eigenvalue weighted by Gasteiger charge is -2.49. The Morgan fingerprint density at radius 3 is 2.58 bits per heavy atom. The van der Waals surface area contributed by atoms with Crippen molar-refractivity contribution >= 4 is 12.0 Å². The third-order valence-electron chi connectivity index (χ3n) is 5.61. The molecule has 5 nitrogen and oxygen atoms in total. The Kier molecular flexibility index (Phi) is 5.00. The van der Waals surface area contributed by atoms with Crippen LogP contribution in [0.25, 0.3) is 0 Å². The van der Waals surface area contributed by atoms with Crippen LogP contribution < -0.4 is 5.32 Å². The Labute approximate surface area is 156 Å². The normalized spacial score (nSPS) is 22.8. The van der Waals surface area contributed by atoms with E-state index >= 15 is 0 Å². The van der Waals surface area contributed by atoms with Gasteiger partial charge in [-0.25, -0.2) is 4.79 Å². The lowest BCUT2D eigenvalue weighted by Crippen LogP contribution is -2.53. The Bertz CT molecular complexity index is 685. The van der Waals surface area contributed by atoms with E-state index in [4.69, 9.17) is 4.74 Å². The zero-order chi connectivity index (χ0) is 18.9. The fourth-order valence-electron chi connectivity index (χ4n) is 4.28. The van der Waals surface area contributed by atoms with Gasteiger partial charge >= 0.3 is 6.09 Å². The molecule has 26 heavy (non-hydrogen) atoms. The molecule has 2 heterocycles. The quantitative estimate of drug-likeness (QED) is 0.834. The van der Waals surface area contributed by atoms with E-state index < -0.39 is 5.60 Å². The molecular formula is C21H30N2O3. The highest BCUT2D eigenvalue weighted by Crippen LogP contribution is 2.48. The van der Waals surface area contributed by atoms with Gasteiger partial charge in [0.1, 0.15) is 5.60 Å². The van der Waals surface area contributed by atoms with Crippen molar-refractivity contribution in [2.75, 3.05) is 19.6 Å². The van der Waals surface area contributed by atoms with Crippen molar-refractivity contribution in [3.8, 4) is 0 Å². The van der Waals surface area contributed by atoms with E-state index in [2.05, 4.69) is 36.5 Å². The van der Waals surface area contributed by atoms with Crippen LogP contribution in [-0.2, 0) is 9.53 Å². The molecule has 0 radical (unpaired) electrons. The smallest absolute Gasteiger partial charge is 0.410 e. The van der Waals surface area contributed by atoms with Gasteiger partial charge in [0.15, 0.2) is 0 Å². The van der Waals surface area contributed by atoms with Crippen molar-refractivity contribution in [1.29, 1.82) is 0 Å². The Balaban J connectivity index is 1.76. The van der Waals surface area contributed by atoms with Crippen LogP contribution in [0.4, 0.5) is 4.79 Å². The first-order valence-corrected chi connectivity index (χ1v) is 9.50. The Hall–Kier alpha value is -2.04. The number of benzene rings is 1. The largest absolute Gasteiger partial charge is 0.444 e. The van der Waals surface area contributed by atoms with E-state index in [0.717, 1.165) is 12.8 Å². The van der Waals surface area contributed by atoms with Gasteiger partial charge in [0.2, 0.25) is 5.91 Å². The summed E-state index contributed by atoms with van der Waals surface area (Å²) in [5, 5.41) is 3.04. The van der Waals surface area contributed by atoms with Crippen molar-refractivity contribution in [2.45, 2.75) is 58.5 Å². The van der Waals surface area contributed by atoms with E-state index in [1.165, 1.54) is 11.1 Å². The van der Waals surface area contributed by atoms with Gasteiger partial charge in [0.05, 0.1) is 0 Å². The number of aryl methyl sites for hydroxylation is 1. The van der Waals surface area contributed by atoms with Crippen LogP contribution >= 0.6 is 0 Å². The molecule has 2 aliphatic heterocycles. The third kappa shape index (κ3) is 4.02. The number of piperidine rings is 2. The van der Waals surface area contributed by atoms with Crippen LogP contribution in [0, 0.1) is 12.3 Å². The Morgan fingerprint density at radius 2 is 1.96 bits per heavy atom. The van der Waals surface area contributed by atoms with Crippen molar-refractivity contribution in [3.05, 3.63) is 35.4 Å². The molecular weight excluding hydrogens is 328 g/mol. The molecule has 5 heteroatoms. The summed E-state index contributed by atoms with van der Waals surface area (Å²) in [5.74, 6) is 0.417. The average molecular weight is 358 g/mol. The zero-order valence-electron chi connectivity index (χ0n) is 16.3. The summed E-state index contributed by atoms with van der Waals surface area (Å²) in [6.45, 7) is 9.72. The van der Waals surface area contributed by atoms with E-state index in [1.54, 1.807) is 4.90 Å². The molecule has 1 unspecified atom stereocenters. The molecule has 2 fully saturated rings. The molecule has 1 N–H and O–H groups in total. The van der Waals surface area contributed by atoms with Crippen LogP contribution in [0.1, 0.15) is 57.1 Å². The topological polar surface area (TPSA) is 58.6 Å². The highest BCUT2D eigenvalue weighted by Gasteiger charge is 2.47. The number of rotatable bonds is 1. The predicted octanol–water partition coefficient (Wildman–Crippen LogP) is 3.62. The maximum absolute atomic E-state index is 12.4. The number of amides is 2. The lowest BCUT2D eigenvalue weighted by atomic mass is 9.62. The number of likely N-dealkylation sites (tertiary alicyclic amines) is 1. The maximum atomic E-state index is 12.4. The summed E-state index contributed by atoms with van der Waals surface area (Å²) in [4.78, 5) is 26.3. The molecule has 0 aliphatic carbocycles. The highest BCUT2D eigenvalue weighted by atomic mass is 16.6. The fraction of sp³-hybridized carbons (Fsp3) is 0.619. The molecule has 2 saturated heterocycles. The minimum Gasteiger partial charge on any atom is -0.444 e. The molecule has 1 aromatic carbocycles. The van der Waals surface area contributed by atoms with Gasteiger partial charge in [-0.15, -0.1) is 0 Å². The van der Waals surface area contributed by atoms with E-state index in [-0.39, 0.29) is 17.4 Å². The number of carbonyl (C=O) groups is 2. The van der Waals surface area contributed by atoms with Crippen LogP contribution in [0.2, 0.25) is 0 Å². The summed E-state index contributed by atoms with van der Waals surface area (Å²) in [7, 11) is 0. The second kappa shape index (κ2) is 6.93. The van der Waals surface area contributed by atoms with Crippen LogP contribution in [0.15, 0.2) is 24.3 Å². The summed E-state index contributed by atoms with van der Waals surface area (Å²) in [5.41, 5.74) is 1.96. The fourth-order valence-corrected chi connectivity index (χ4v) is 4.28. The molecule has 1 aromatic rings. The van der Waals surface area contributed by atoms with E-state index in [0.29, 0.717) is 32.0 Å². The van der Waals surface area contributed by atoms with Crippen LogP contribution in [-0.4, -0.2) is 42.1 Å². The van der Waals surface area contributed by atoms with Crippen LogP contribution in [0.5, 0.6) is 0 Å². The average Bonchev–Trinajstić information content (AvgIpc) is 2.54. The molecule has 2 amide bonds. The molecule has 2 aliphatic rings. The van der Waals surface area contributed by atoms with E-state index in [9.17, 15) is 9.59 Å². The number of nitrogens with zero attached hydrogens (tertiary/aromatic N) is 1. The molecule has 0 aromatic heterocycles. The van der Waals surface area contributed by atoms with Gasteiger partial charge in [0, 0.05) is 32.0 Å². The Morgan fingerprint density at radius 1 is 1.27 bits per heavy atom. The monoisotopic (exact) mass is 358 g/mol. The molecule has 1 atom stereocenters. The summed E-state index contributed by atoms with van der Waals surface area (Å²) < 4.78 is 5.51. The second-order valence-corrected chi connectivity index (χ2v) is 8.78. The van der Waals surface area contributed by atoms with E-state index in [1.807, 2.05) is 20.8 Å². The van der Waals surface area contributed by atoms with Crippen LogP contribution in [0.3, 0.4) is 0 Å². The van der Waals surface area contributed by atoms with Gasteiger partial charge in [-0.2, -0.15) is 0 Å². The number of nitrogens with one attached hydrogen (secondary N) is 1. The van der Waals surface area contributed by atoms with Gasteiger partial charge in [-0.3, -0.25) is 4.79 Å². The zero-order valence-corrected chi connectivity index (χ0v) is 16.3. The van der Waals surface area contributed by atoms with Gasteiger partial charge in [0.25, 0.3) is 0 Å². The van der Waals surface area contributed by atoms with Crippen molar-refractivity contribution in [1.82, 2.24) is 10.2 Å². The van der Waals surface area contributed by atoms with Crippen molar-refractivity contribution in [2.24, 2.45) is 5.41 Å². The first kappa shape index (κ1) is 18.7. The first-order chi connectivity index (χ1) is 12.2. The molecule has 142 valence electrons. The van der Waals surface area contributed by atoms with Gasteiger partial charge in [-0.05, 0) is 51.5 Å². The minimum atomic E-state index is -0.485. The SMILES string of the molecule is Cc1cccc(C2CNC(=O)CC23CCN(C(=O)OC(C)(C)C)CC3)c1. The summed E-state index contributed by atoms with van der Waals surface area (Å²) in [6.07, 6.45) is 1.95. The lowest BCUT2D eigenvalue weighted by molar-refractivity contribution is -0.128. The second-order valence-electron chi connectivity index (χ2n) is 8.78. The number of carbonyl (C=O) groups excluding carboxylic acids is 2. The number of hydrogen-bond acceptors (Lipinski definition) is 3. The number of ether oxygens (including phenoxy) is 1. The van der Waals surface area contributed by atoms with Crippen molar-refractivity contribution in [3.63, 3.8) is 0 Å². The van der Waals surface area contributed by atoms with Gasteiger partial charge in [-0.1, -0.05) is 29.8 Å². The highest BCUT2D eigenvalue weighted by molar-refractivity contribution is 5.78. The maximum Gasteiger partial charge on any atom is 0.410 e.